The molecular formula is C13H21NO2. The maximum Gasteiger partial charge on any atom is 0.226 e. The first kappa shape index (κ1) is 11.6. The molecule has 3 unspecified atom stereocenters. The van der Waals surface area contributed by atoms with Crippen LogP contribution in [-0.4, -0.2) is 35.6 Å². The van der Waals surface area contributed by atoms with Crippen molar-refractivity contribution in [2.24, 2.45) is 17.8 Å². The van der Waals surface area contributed by atoms with Gasteiger partial charge in [0.25, 0.3) is 0 Å². The lowest BCUT2D eigenvalue weighted by Crippen LogP contribution is -2.39. The van der Waals surface area contributed by atoms with Crippen molar-refractivity contribution in [1.29, 1.82) is 0 Å². The Morgan fingerprint density at radius 2 is 2.19 bits per heavy atom. The van der Waals surface area contributed by atoms with Crippen molar-refractivity contribution in [3.8, 4) is 0 Å². The third-order valence-corrected chi connectivity index (χ3v) is 3.77. The zero-order valence-electron chi connectivity index (χ0n) is 9.93. The first-order valence-electron chi connectivity index (χ1n) is 6.34. The minimum absolute atomic E-state index is 0.0718. The van der Waals surface area contributed by atoms with Crippen LogP contribution in [0.1, 0.15) is 26.2 Å². The van der Waals surface area contributed by atoms with Gasteiger partial charge in [0.2, 0.25) is 5.91 Å². The number of amides is 1. The van der Waals surface area contributed by atoms with Gasteiger partial charge in [0.1, 0.15) is 0 Å². The highest BCUT2D eigenvalue weighted by Crippen LogP contribution is 2.44. The molecule has 0 aliphatic heterocycles. The lowest BCUT2D eigenvalue weighted by molar-refractivity contribution is -0.136. The number of hydrogen-bond acceptors (Lipinski definition) is 2. The molecule has 3 atom stereocenters. The minimum atomic E-state index is 0.0718. The van der Waals surface area contributed by atoms with E-state index in [9.17, 15) is 4.79 Å². The molecule has 3 heteroatoms. The molecule has 1 amide bonds. The summed E-state index contributed by atoms with van der Waals surface area (Å²) >= 11 is 0. The summed E-state index contributed by atoms with van der Waals surface area (Å²) in [7, 11) is 0. The third-order valence-electron chi connectivity index (χ3n) is 3.77. The van der Waals surface area contributed by atoms with E-state index in [1.54, 1.807) is 0 Å². The maximum atomic E-state index is 12.3. The summed E-state index contributed by atoms with van der Waals surface area (Å²) in [5.74, 6) is 1.55. The molecule has 16 heavy (non-hydrogen) atoms. The van der Waals surface area contributed by atoms with E-state index >= 15 is 0 Å². The summed E-state index contributed by atoms with van der Waals surface area (Å²) in [5.41, 5.74) is 0. The molecule has 2 rings (SSSR count). The SMILES string of the molecule is CCCN(CCO)C(=O)C1CC2C=CC1C2. The number of carbonyl (C=O) groups is 1. The molecule has 0 saturated heterocycles. The summed E-state index contributed by atoms with van der Waals surface area (Å²) < 4.78 is 0. The molecule has 0 spiro atoms. The second-order valence-electron chi connectivity index (χ2n) is 4.94. The number of aliphatic hydroxyl groups is 1. The second-order valence-corrected chi connectivity index (χ2v) is 4.94. The first-order chi connectivity index (χ1) is 7.76. The molecule has 2 aliphatic rings. The van der Waals surface area contributed by atoms with Crippen molar-refractivity contribution in [2.45, 2.75) is 26.2 Å². The Hall–Kier alpha value is -0.830. The molecule has 0 aromatic rings. The van der Waals surface area contributed by atoms with Crippen LogP contribution >= 0.6 is 0 Å². The van der Waals surface area contributed by atoms with Crippen LogP contribution in [0.5, 0.6) is 0 Å². The Balaban J connectivity index is 1.97. The standard InChI is InChI=1S/C13H21NO2/c1-2-5-14(6-7-15)13(16)12-9-10-3-4-11(12)8-10/h3-4,10-12,15H,2,5-9H2,1H3. The van der Waals surface area contributed by atoms with Gasteiger partial charge in [-0.25, -0.2) is 0 Å². The molecule has 1 fully saturated rings. The minimum Gasteiger partial charge on any atom is -0.395 e. The molecule has 0 aromatic heterocycles. The van der Waals surface area contributed by atoms with Gasteiger partial charge in [0, 0.05) is 19.0 Å². The molecule has 1 N–H and O–H groups in total. The van der Waals surface area contributed by atoms with Crippen molar-refractivity contribution >= 4 is 5.91 Å². The fraction of sp³-hybridized carbons (Fsp3) is 0.769. The molecule has 2 aliphatic carbocycles. The number of nitrogens with zero attached hydrogens (tertiary/aromatic N) is 1. The van der Waals surface area contributed by atoms with Gasteiger partial charge in [-0.3, -0.25) is 4.79 Å². The molecule has 0 aromatic carbocycles. The van der Waals surface area contributed by atoms with Gasteiger partial charge < -0.3 is 10.0 Å². The molecule has 90 valence electrons. The predicted octanol–water partition coefficient (Wildman–Crippen LogP) is 1.43. The van der Waals surface area contributed by atoms with Crippen LogP contribution in [0.2, 0.25) is 0 Å². The summed E-state index contributed by atoms with van der Waals surface area (Å²) in [6.45, 7) is 3.40. The summed E-state index contributed by atoms with van der Waals surface area (Å²) in [6, 6.07) is 0. The van der Waals surface area contributed by atoms with E-state index in [4.69, 9.17) is 5.11 Å². The van der Waals surface area contributed by atoms with Gasteiger partial charge in [-0.15, -0.1) is 0 Å². The van der Waals surface area contributed by atoms with E-state index in [0.717, 1.165) is 25.8 Å². The van der Waals surface area contributed by atoms with Gasteiger partial charge in [0.15, 0.2) is 0 Å². The summed E-state index contributed by atoms with van der Waals surface area (Å²) in [5, 5.41) is 8.98. The van der Waals surface area contributed by atoms with Gasteiger partial charge in [-0.05, 0) is 31.1 Å². The molecule has 2 bridgehead atoms. The van der Waals surface area contributed by atoms with Crippen LogP contribution in [0.15, 0.2) is 12.2 Å². The highest BCUT2D eigenvalue weighted by Gasteiger charge is 2.41. The fourth-order valence-corrected chi connectivity index (χ4v) is 3.02. The molecular weight excluding hydrogens is 202 g/mol. The van der Waals surface area contributed by atoms with Gasteiger partial charge in [-0.1, -0.05) is 19.1 Å². The van der Waals surface area contributed by atoms with Crippen LogP contribution < -0.4 is 0 Å². The van der Waals surface area contributed by atoms with Gasteiger partial charge in [-0.2, -0.15) is 0 Å². The van der Waals surface area contributed by atoms with E-state index in [1.165, 1.54) is 0 Å². The maximum absolute atomic E-state index is 12.3. The summed E-state index contributed by atoms with van der Waals surface area (Å²) in [4.78, 5) is 14.1. The average molecular weight is 223 g/mol. The van der Waals surface area contributed by atoms with Crippen LogP contribution in [-0.2, 0) is 4.79 Å². The predicted molar refractivity (Wildman–Crippen MR) is 62.8 cm³/mol. The number of carbonyl (C=O) groups excluding carboxylic acids is 1. The monoisotopic (exact) mass is 223 g/mol. The molecule has 0 radical (unpaired) electrons. The van der Waals surface area contributed by atoms with Crippen LogP contribution in [0.4, 0.5) is 0 Å². The van der Waals surface area contributed by atoms with E-state index in [0.29, 0.717) is 18.4 Å². The summed E-state index contributed by atoms with van der Waals surface area (Å²) in [6.07, 6.45) is 7.61. The van der Waals surface area contributed by atoms with E-state index in [2.05, 4.69) is 19.1 Å². The lowest BCUT2D eigenvalue weighted by Gasteiger charge is -2.27. The number of hydrogen-bond donors (Lipinski definition) is 1. The number of aliphatic hydroxyl groups excluding tert-OH is 1. The van der Waals surface area contributed by atoms with Gasteiger partial charge >= 0.3 is 0 Å². The van der Waals surface area contributed by atoms with Crippen molar-refractivity contribution in [3.63, 3.8) is 0 Å². The zero-order valence-corrected chi connectivity index (χ0v) is 9.93. The Kier molecular flexibility index (Phi) is 3.64. The molecule has 1 saturated carbocycles. The zero-order chi connectivity index (χ0) is 11.5. The molecule has 0 heterocycles. The Bertz CT molecular complexity index is 282. The van der Waals surface area contributed by atoms with Crippen molar-refractivity contribution < 1.29 is 9.90 Å². The molecule has 3 nitrogen and oxygen atoms in total. The van der Waals surface area contributed by atoms with E-state index in [1.807, 2.05) is 4.90 Å². The van der Waals surface area contributed by atoms with Crippen molar-refractivity contribution in [1.82, 2.24) is 4.90 Å². The van der Waals surface area contributed by atoms with Crippen molar-refractivity contribution in [2.75, 3.05) is 19.7 Å². The lowest BCUT2D eigenvalue weighted by atomic mass is 9.92. The van der Waals surface area contributed by atoms with Crippen LogP contribution in [0, 0.1) is 17.8 Å². The fourth-order valence-electron chi connectivity index (χ4n) is 3.02. The topological polar surface area (TPSA) is 40.5 Å². The Morgan fingerprint density at radius 3 is 2.69 bits per heavy atom. The smallest absolute Gasteiger partial charge is 0.226 e. The number of allylic oxidation sites excluding steroid dienone is 2. The number of rotatable bonds is 5. The third kappa shape index (κ3) is 2.14. The Morgan fingerprint density at radius 1 is 1.38 bits per heavy atom. The van der Waals surface area contributed by atoms with E-state index in [-0.39, 0.29) is 18.4 Å². The van der Waals surface area contributed by atoms with Gasteiger partial charge in [0.05, 0.1) is 6.61 Å². The average Bonchev–Trinajstić information content (AvgIpc) is 2.89. The normalized spacial score (nSPS) is 31.0. The van der Waals surface area contributed by atoms with Crippen LogP contribution in [0.25, 0.3) is 0 Å². The quantitative estimate of drug-likeness (QED) is 0.716. The van der Waals surface area contributed by atoms with Crippen LogP contribution in [0.3, 0.4) is 0 Å². The highest BCUT2D eigenvalue weighted by atomic mass is 16.3. The first-order valence-corrected chi connectivity index (χ1v) is 6.34. The second kappa shape index (κ2) is 5.00. The Labute approximate surface area is 97.1 Å². The largest absolute Gasteiger partial charge is 0.395 e. The highest BCUT2D eigenvalue weighted by molar-refractivity contribution is 5.80. The van der Waals surface area contributed by atoms with E-state index < -0.39 is 0 Å². The number of fused-ring (bicyclic) bond motifs is 2. The van der Waals surface area contributed by atoms with Crippen molar-refractivity contribution in [3.05, 3.63) is 12.2 Å².